The number of ether oxygens (including phenoxy) is 3. The molecule has 11 nitrogen and oxygen atoms in total. The van der Waals surface area contributed by atoms with E-state index in [2.05, 4.69) is 35.8 Å². The first kappa shape index (κ1) is 20.0. The zero-order valence-electron chi connectivity index (χ0n) is 17.2. The van der Waals surface area contributed by atoms with Crippen molar-refractivity contribution in [2.75, 3.05) is 32.0 Å². The highest BCUT2D eigenvalue weighted by Crippen LogP contribution is 2.38. The Bertz CT molecular complexity index is 1120. The molecule has 0 unspecified atom stereocenters. The first-order valence-corrected chi connectivity index (χ1v) is 9.28. The minimum absolute atomic E-state index is 0.347. The number of methoxy groups -OCH3 is 3. The van der Waals surface area contributed by atoms with Crippen molar-refractivity contribution in [1.29, 1.82) is 0 Å². The van der Waals surface area contributed by atoms with Crippen LogP contribution in [0, 0.1) is 0 Å². The maximum atomic E-state index is 5.39. The third-order valence-corrected chi connectivity index (χ3v) is 4.35. The van der Waals surface area contributed by atoms with E-state index in [-0.39, 0.29) is 0 Å². The van der Waals surface area contributed by atoms with Gasteiger partial charge in [-0.15, -0.1) is 0 Å². The number of rotatable bonds is 9. The van der Waals surface area contributed by atoms with E-state index in [1.54, 1.807) is 39.7 Å². The molecule has 0 aliphatic heterocycles. The van der Waals surface area contributed by atoms with Gasteiger partial charge in [0.2, 0.25) is 17.6 Å². The monoisotopic (exact) mass is 423 g/mol. The normalized spacial score (nSPS) is 10.5. The summed E-state index contributed by atoms with van der Waals surface area (Å²) in [5, 5.41) is 13.3. The van der Waals surface area contributed by atoms with Crippen LogP contribution in [0.1, 0.15) is 5.56 Å². The lowest BCUT2D eigenvalue weighted by Crippen LogP contribution is -2.07. The highest BCUT2D eigenvalue weighted by molar-refractivity contribution is 5.60. The van der Waals surface area contributed by atoms with Crippen LogP contribution < -0.4 is 24.8 Å². The maximum Gasteiger partial charge on any atom is 0.233 e. The van der Waals surface area contributed by atoms with Gasteiger partial charge in [-0.1, -0.05) is 0 Å². The number of anilines is 3. The predicted octanol–water partition coefficient (Wildman–Crippen LogP) is 3.24. The van der Waals surface area contributed by atoms with Gasteiger partial charge in [0.15, 0.2) is 23.1 Å². The molecule has 4 rings (SSSR count). The summed E-state index contributed by atoms with van der Waals surface area (Å²) >= 11 is 0. The van der Waals surface area contributed by atoms with Gasteiger partial charge in [0.05, 0.1) is 27.6 Å². The number of benzene rings is 1. The predicted molar refractivity (Wildman–Crippen MR) is 113 cm³/mol. The minimum atomic E-state index is 0.347. The minimum Gasteiger partial charge on any atom is -0.493 e. The molecule has 0 atom stereocenters. The fourth-order valence-corrected chi connectivity index (χ4v) is 2.92. The van der Waals surface area contributed by atoms with Gasteiger partial charge in [0.25, 0.3) is 0 Å². The highest BCUT2D eigenvalue weighted by atomic mass is 16.5. The van der Waals surface area contributed by atoms with Crippen molar-refractivity contribution in [2.45, 2.75) is 6.54 Å². The van der Waals surface area contributed by atoms with Crippen LogP contribution in [-0.2, 0) is 6.54 Å². The van der Waals surface area contributed by atoms with Gasteiger partial charge in [0.1, 0.15) is 12.0 Å². The lowest BCUT2D eigenvalue weighted by Gasteiger charge is -2.14. The average molecular weight is 423 g/mol. The lowest BCUT2D eigenvalue weighted by molar-refractivity contribution is 0.324. The van der Waals surface area contributed by atoms with Crippen LogP contribution in [0.2, 0.25) is 0 Å². The Hall–Kier alpha value is -4.28. The number of aromatic amines is 1. The van der Waals surface area contributed by atoms with Gasteiger partial charge in [-0.25, -0.2) is 9.97 Å². The Morgan fingerprint density at radius 3 is 2.45 bits per heavy atom. The second kappa shape index (κ2) is 9.03. The molecule has 0 bridgehead atoms. The number of nitrogens with one attached hydrogen (secondary N) is 3. The molecule has 3 heterocycles. The van der Waals surface area contributed by atoms with E-state index in [4.69, 9.17) is 18.6 Å². The molecule has 3 aromatic heterocycles. The number of aromatic nitrogens is 5. The molecule has 3 N–H and O–H groups in total. The van der Waals surface area contributed by atoms with E-state index in [0.717, 1.165) is 11.3 Å². The topological polar surface area (TPSA) is 132 Å². The van der Waals surface area contributed by atoms with Gasteiger partial charge >= 0.3 is 0 Å². The standard InChI is InChI=1S/C20H21N7O4/c1-28-15-7-12(8-16(29-2)18(15)30-3)10-21-19-22-11-23-20(25-19)24-17-9-13(26-27-17)14-5-4-6-31-14/h4-9,11H,10H2,1-3H3,(H3,21,22,23,24,25,26,27). The Labute approximate surface area is 177 Å². The molecule has 0 saturated heterocycles. The Morgan fingerprint density at radius 1 is 1.00 bits per heavy atom. The molecule has 0 spiro atoms. The van der Waals surface area contributed by atoms with E-state index < -0.39 is 0 Å². The SMILES string of the molecule is COc1cc(CNc2ncnc(Nc3cc(-c4ccco4)[nH]n3)n2)cc(OC)c1OC. The smallest absolute Gasteiger partial charge is 0.233 e. The molecule has 0 fully saturated rings. The molecular weight excluding hydrogens is 402 g/mol. The van der Waals surface area contributed by atoms with E-state index in [9.17, 15) is 0 Å². The molecule has 31 heavy (non-hydrogen) atoms. The number of nitrogens with zero attached hydrogens (tertiary/aromatic N) is 4. The summed E-state index contributed by atoms with van der Waals surface area (Å²) in [6.07, 6.45) is 3.01. The van der Waals surface area contributed by atoms with Crippen molar-refractivity contribution in [3.63, 3.8) is 0 Å². The molecule has 4 aromatic rings. The van der Waals surface area contributed by atoms with Gasteiger partial charge in [-0.2, -0.15) is 10.1 Å². The Kier molecular flexibility index (Phi) is 5.83. The zero-order chi connectivity index (χ0) is 21.6. The molecule has 11 heteroatoms. The van der Waals surface area contributed by atoms with E-state index >= 15 is 0 Å². The Morgan fingerprint density at radius 2 is 1.77 bits per heavy atom. The van der Waals surface area contributed by atoms with Crippen molar-refractivity contribution in [3.05, 3.63) is 48.5 Å². The number of furan rings is 1. The van der Waals surface area contributed by atoms with Crippen LogP contribution in [0.5, 0.6) is 17.2 Å². The van der Waals surface area contributed by atoms with E-state index in [0.29, 0.717) is 47.3 Å². The van der Waals surface area contributed by atoms with Crippen LogP contribution >= 0.6 is 0 Å². The summed E-state index contributed by atoms with van der Waals surface area (Å²) in [6.45, 7) is 0.436. The van der Waals surface area contributed by atoms with Crippen LogP contribution in [0.15, 0.2) is 47.3 Å². The van der Waals surface area contributed by atoms with Gasteiger partial charge in [-0.05, 0) is 29.8 Å². The highest BCUT2D eigenvalue weighted by Gasteiger charge is 2.13. The second-order valence-corrected chi connectivity index (χ2v) is 6.29. The molecule has 1 aromatic carbocycles. The summed E-state index contributed by atoms with van der Waals surface area (Å²) < 4.78 is 21.5. The van der Waals surface area contributed by atoms with Gasteiger partial charge in [-0.3, -0.25) is 5.10 Å². The molecular formula is C20H21N7O4. The average Bonchev–Trinajstić information content (AvgIpc) is 3.49. The van der Waals surface area contributed by atoms with Gasteiger partial charge in [0, 0.05) is 12.6 Å². The van der Waals surface area contributed by atoms with Crippen molar-refractivity contribution in [3.8, 4) is 28.7 Å². The molecule has 0 aliphatic rings. The van der Waals surface area contributed by atoms with Gasteiger partial charge < -0.3 is 29.3 Å². The summed E-state index contributed by atoms with van der Waals surface area (Å²) in [4.78, 5) is 12.7. The first-order chi connectivity index (χ1) is 15.2. The van der Waals surface area contributed by atoms with Crippen LogP contribution in [0.4, 0.5) is 17.7 Å². The largest absolute Gasteiger partial charge is 0.493 e. The Balaban J connectivity index is 1.45. The molecule has 160 valence electrons. The maximum absolute atomic E-state index is 5.39. The third kappa shape index (κ3) is 4.50. The fourth-order valence-electron chi connectivity index (χ4n) is 2.92. The molecule has 0 amide bonds. The van der Waals surface area contributed by atoms with Crippen molar-refractivity contribution >= 4 is 17.7 Å². The molecule has 0 radical (unpaired) electrons. The third-order valence-electron chi connectivity index (χ3n) is 4.35. The van der Waals surface area contributed by atoms with Crippen LogP contribution in [-0.4, -0.2) is 46.5 Å². The number of hydrogen-bond donors (Lipinski definition) is 3. The van der Waals surface area contributed by atoms with Crippen molar-refractivity contribution in [1.82, 2.24) is 25.1 Å². The van der Waals surface area contributed by atoms with E-state index in [1.165, 1.54) is 6.33 Å². The van der Waals surface area contributed by atoms with Crippen LogP contribution in [0.25, 0.3) is 11.5 Å². The summed E-state index contributed by atoms with van der Waals surface area (Å²) in [6, 6.07) is 9.15. The zero-order valence-corrected chi connectivity index (χ0v) is 17.2. The molecule has 0 aliphatic carbocycles. The van der Waals surface area contributed by atoms with Crippen LogP contribution in [0.3, 0.4) is 0 Å². The second-order valence-electron chi connectivity index (χ2n) is 6.29. The lowest BCUT2D eigenvalue weighted by atomic mass is 10.2. The summed E-state index contributed by atoms with van der Waals surface area (Å²) in [5.74, 6) is 3.66. The fraction of sp³-hybridized carbons (Fsp3) is 0.200. The van der Waals surface area contributed by atoms with E-state index in [1.807, 2.05) is 18.2 Å². The molecule has 0 saturated carbocycles. The number of hydrogen-bond acceptors (Lipinski definition) is 10. The first-order valence-electron chi connectivity index (χ1n) is 9.28. The quantitative estimate of drug-likeness (QED) is 0.368. The summed E-state index contributed by atoms with van der Waals surface area (Å²) in [7, 11) is 4.71. The summed E-state index contributed by atoms with van der Waals surface area (Å²) in [5.41, 5.74) is 1.64. The van der Waals surface area contributed by atoms with Crippen molar-refractivity contribution < 1.29 is 18.6 Å². The van der Waals surface area contributed by atoms with Crippen molar-refractivity contribution in [2.24, 2.45) is 0 Å². The number of H-pyrrole nitrogens is 1.